The van der Waals surface area contributed by atoms with Crippen molar-refractivity contribution < 1.29 is 9.53 Å². The van der Waals surface area contributed by atoms with Crippen LogP contribution in [-0.4, -0.2) is 68.6 Å². The lowest BCUT2D eigenvalue weighted by atomic mass is 10.2. The summed E-state index contributed by atoms with van der Waals surface area (Å²) in [5.41, 5.74) is 3.36. The number of hydrogen-bond donors (Lipinski definition) is 1. The van der Waals surface area contributed by atoms with Crippen LogP contribution in [0.2, 0.25) is 0 Å². The summed E-state index contributed by atoms with van der Waals surface area (Å²) in [6.07, 6.45) is 2.61. The van der Waals surface area contributed by atoms with Crippen molar-refractivity contribution in [2.75, 3.05) is 63.1 Å². The minimum Gasteiger partial charge on any atom is -0.497 e. The Morgan fingerprint density at radius 1 is 0.933 bits per heavy atom. The van der Waals surface area contributed by atoms with E-state index >= 15 is 0 Å². The number of hydrogen-bond acceptors (Lipinski definition) is 5. The second-order valence-corrected chi connectivity index (χ2v) is 8.19. The molecule has 0 unspecified atom stereocenters. The Morgan fingerprint density at radius 2 is 1.67 bits per heavy atom. The van der Waals surface area contributed by atoms with E-state index in [9.17, 15) is 4.79 Å². The normalized spacial score (nSPS) is 17.8. The van der Waals surface area contributed by atoms with Gasteiger partial charge in [0.05, 0.1) is 13.7 Å². The number of carbonyl (C=O) groups excluding carboxylic acids is 1. The molecule has 2 aliphatic heterocycles. The molecule has 2 aromatic carbocycles. The number of methoxy groups -OCH3 is 1. The zero-order valence-corrected chi connectivity index (χ0v) is 17.8. The smallest absolute Gasteiger partial charge is 0.238 e. The minimum atomic E-state index is 0.0529. The van der Waals surface area contributed by atoms with Crippen molar-refractivity contribution in [1.29, 1.82) is 0 Å². The van der Waals surface area contributed by atoms with Gasteiger partial charge in [0.15, 0.2) is 0 Å². The molecule has 0 radical (unpaired) electrons. The van der Waals surface area contributed by atoms with Gasteiger partial charge in [-0.1, -0.05) is 18.2 Å². The number of amides is 1. The standard InChI is InChI=1S/C24H32N4O2/c1-30-23-6-4-5-22(17-23)28-15-13-27(14-16-28)19-24(29)25-21-9-7-20(8-10-21)18-26-11-2-3-12-26/h4-10,17H,2-3,11-16,18-19H2,1H3,(H,25,29). The van der Waals surface area contributed by atoms with Gasteiger partial charge < -0.3 is 15.0 Å². The van der Waals surface area contributed by atoms with Crippen molar-refractivity contribution in [3.8, 4) is 5.75 Å². The molecular weight excluding hydrogens is 376 g/mol. The zero-order valence-electron chi connectivity index (χ0n) is 17.8. The van der Waals surface area contributed by atoms with Crippen molar-refractivity contribution in [3.05, 3.63) is 54.1 Å². The third kappa shape index (κ3) is 5.52. The number of nitrogens with one attached hydrogen (secondary N) is 1. The summed E-state index contributed by atoms with van der Waals surface area (Å²) >= 11 is 0. The summed E-state index contributed by atoms with van der Waals surface area (Å²) in [4.78, 5) is 19.5. The largest absolute Gasteiger partial charge is 0.497 e. The Bertz CT molecular complexity index is 825. The quantitative estimate of drug-likeness (QED) is 0.763. The van der Waals surface area contributed by atoms with Crippen LogP contribution in [0.25, 0.3) is 0 Å². The fourth-order valence-corrected chi connectivity index (χ4v) is 4.27. The van der Waals surface area contributed by atoms with Gasteiger partial charge in [0.25, 0.3) is 0 Å². The third-order valence-corrected chi connectivity index (χ3v) is 6.00. The Morgan fingerprint density at radius 3 is 2.37 bits per heavy atom. The molecule has 2 fully saturated rings. The molecule has 2 heterocycles. The lowest BCUT2D eigenvalue weighted by molar-refractivity contribution is -0.117. The average Bonchev–Trinajstić information content (AvgIpc) is 3.29. The molecule has 2 aliphatic rings. The number of likely N-dealkylation sites (tertiary alicyclic amines) is 1. The van der Waals surface area contributed by atoms with Crippen molar-refractivity contribution >= 4 is 17.3 Å². The maximum atomic E-state index is 12.5. The molecule has 0 spiro atoms. The van der Waals surface area contributed by atoms with Crippen LogP contribution in [0.15, 0.2) is 48.5 Å². The number of anilines is 2. The molecule has 160 valence electrons. The van der Waals surface area contributed by atoms with E-state index in [1.165, 1.54) is 37.2 Å². The second kappa shape index (κ2) is 9.96. The van der Waals surface area contributed by atoms with E-state index in [1.807, 2.05) is 24.3 Å². The molecule has 2 aromatic rings. The van der Waals surface area contributed by atoms with Crippen molar-refractivity contribution in [1.82, 2.24) is 9.80 Å². The molecule has 4 rings (SSSR count). The molecule has 0 bridgehead atoms. The molecule has 2 saturated heterocycles. The Balaban J connectivity index is 1.22. The number of benzene rings is 2. The molecular formula is C24H32N4O2. The topological polar surface area (TPSA) is 48.1 Å². The molecule has 0 atom stereocenters. The number of nitrogens with zero attached hydrogens (tertiary/aromatic N) is 3. The van der Waals surface area contributed by atoms with E-state index in [0.29, 0.717) is 6.54 Å². The van der Waals surface area contributed by atoms with Gasteiger partial charge in [-0.15, -0.1) is 0 Å². The molecule has 0 saturated carbocycles. The third-order valence-electron chi connectivity index (χ3n) is 6.00. The highest BCUT2D eigenvalue weighted by Gasteiger charge is 2.19. The summed E-state index contributed by atoms with van der Waals surface area (Å²) in [5, 5.41) is 3.04. The second-order valence-electron chi connectivity index (χ2n) is 8.19. The predicted octanol–water partition coefficient (Wildman–Crippen LogP) is 3.05. The predicted molar refractivity (Wildman–Crippen MR) is 121 cm³/mol. The van der Waals surface area contributed by atoms with Gasteiger partial charge in [-0.05, 0) is 55.8 Å². The van der Waals surface area contributed by atoms with Gasteiger partial charge in [0.1, 0.15) is 5.75 Å². The van der Waals surface area contributed by atoms with Crippen LogP contribution in [-0.2, 0) is 11.3 Å². The van der Waals surface area contributed by atoms with Gasteiger partial charge in [0.2, 0.25) is 5.91 Å². The summed E-state index contributed by atoms with van der Waals surface area (Å²) in [5.74, 6) is 0.929. The lowest BCUT2D eigenvalue weighted by Crippen LogP contribution is -2.48. The number of piperazine rings is 1. The first-order valence-corrected chi connectivity index (χ1v) is 10.9. The SMILES string of the molecule is COc1cccc(N2CCN(CC(=O)Nc3ccc(CN4CCCC4)cc3)CC2)c1. The number of carbonyl (C=O) groups is 1. The van der Waals surface area contributed by atoms with Crippen LogP contribution >= 0.6 is 0 Å². The van der Waals surface area contributed by atoms with Crippen LogP contribution in [0.3, 0.4) is 0 Å². The molecule has 6 heteroatoms. The molecule has 30 heavy (non-hydrogen) atoms. The summed E-state index contributed by atoms with van der Waals surface area (Å²) in [7, 11) is 1.69. The summed E-state index contributed by atoms with van der Waals surface area (Å²) < 4.78 is 5.32. The number of ether oxygens (including phenoxy) is 1. The van der Waals surface area contributed by atoms with Crippen LogP contribution in [0.4, 0.5) is 11.4 Å². The van der Waals surface area contributed by atoms with Crippen molar-refractivity contribution in [3.63, 3.8) is 0 Å². The van der Waals surface area contributed by atoms with Crippen LogP contribution in [0.5, 0.6) is 5.75 Å². The maximum Gasteiger partial charge on any atom is 0.238 e. The molecule has 0 aromatic heterocycles. The van der Waals surface area contributed by atoms with Crippen LogP contribution in [0.1, 0.15) is 18.4 Å². The van der Waals surface area contributed by atoms with E-state index in [2.05, 4.69) is 44.3 Å². The Labute approximate surface area is 179 Å². The maximum absolute atomic E-state index is 12.5. The molecule has 1 amide bonds. The minimum absolute atomic E-state index is 0.0529. The van der Waals surface area contributed by atoms with Crippen LogP contribution < -0.4 is 15.0 Å². The Kier molecular flexibility index (Phi) is 6.87. The first kappa shape index (κ1) is 20.7. The van der Waals surface area contributed by atoms with Crippen LogP contribution in [0, 0.1) is 0 Å². The first-order chi connectivity index (χ1) is 14.7. The fourth-order valence-electron chi connectivity index (χ4n) is 4.27. The van der Waals surface area contributed by atoms with E-state index in [4.69, 9.17) is 4.74 Å². The van der Waals surface area contributed by atoms with E-state index in [0.717, 1.165) is 44.2 Å². The van der Waals surface area contributed by atoms with Gasteiger partial charge in [0, 0.05) is 50.2 Å². The van der Waals surface area contributed by atoms with Gasteiger partial charge in [-0.2, -0.15) is 0 Å². The average molecular weight is 409 g/mol. The number of rotatable bonds is 7. The monoisotopic (exact) mass is 408 g/mol. The molecule has 6 nitrogen and oxygen atoms in total. The molecule has 1 N–H and O–H groups in total. The summed E-state index contributed by atoms with van der Waals surface area (Å²) in [6.45, 7) is 7.40. The highest BCUT2D eigenvalue weighted by atomic mass is 16.5. The van der Waals surface area contributed by atoms with E-state index < -0.39 is 0 Å². The van der Waals surface area contributed by atoms with E-state index in [-0.39, 0.29) is 5.91 Å². The van der Waals surface area contributed by atoms with Gasteiger partial charge in [-0.25, -0.2) is 0 Å². The fraction of sp³-hybridized carbons (Fsp3) is 0.458. The summed E-state index contributed by atoms with van der Waals surface area (Å²) in [6, 6.07) is 16.4. The van der Waals surface area contributed by atoms with Gasteiger partial charge in [-0.3, -0.25) is 14.6 Å². The zero-order chi connectivity index (χ0) is 20.8. The van der Waals surface area contributed by atoms with Gasteiger partial charge >= 0.3 is 0 Å². The lowest BCUT2D eigenvalue weighted by Gasteiger charge is -2.35. The highest BCUT2D eigenvalue weighted by Crippen LogP contribution is 2.22. The molecule has 0 aliphatic carbocycles. The van der Waals surface area contributed by atoms with E-state index in [1.54, 1.807) is 7.11 Å². The van der Waals surface area contributed by atoms with Crippen molar-refractivity contribution in [2.45, 2.75) is 19.4 Å². The van der Waals surface area contributed by atoms with Crippen molar-refractivity contribution in [2.24, 2.45) is 0 Å². The first-order valence-electron chi connectivity index (χ1n) is 10.9. The Hall–Kier alpha value is -2.57. The highest BCUT2D eigenvalue weighted by molar-refractivity contribution is 5.92.